The standard InChI is InChI=1S/C19H21N7S/c1-12-4-6-26(7-5-12)9-13-2-3-14-15(8-13)27-19(24-14)25-18-16-17(21-10-20-16)22-11-23-18/h2-3,8,10-12H,4-7,9H2,1H3,(H2,20,21,22,23,24,25). The fraction of sp³-hybridized carbons (Fsp3) is 0.368. The summed E-state index contributed by atoms with van der Waals surface area (Å²) in [5, 5.41) is 4.13. The van der Waals surface area contributed by atoms with Gasteiger partial charge >= 0.3 is 0 Å². The predicted molar refractivity (Wildman–Crippen MR) is 108 cm³/mol. The maximum Gasteiger partial charge on any atom is 0.189 e. The molecule has 1 aliphatic heterocycles. The van der Waals surface area contributed by atoms with Gasteiger partial charge in [-0.05, 0) is 49.5 Å². The summed E-state index contributed by atoms with van der Waals surface area (Å²) in [6.45, 7) is 5.76. The van der Waals surface area contributed by atoms with E-state index in [0.717, 1.165) is 28.6 Å². The molecule has 3 aromatic heterocycles. The lowest BCUT2D eigenvalue weighted by Crippen LogP contribution is -2.32. The first-order chi connectivity index (χ1) is 13.2. The Labute approximate surface area is 160 Å². The molecule has 0 saturated carbocycles. The maximum atomic E-state index is 4.70. The van der Waals surface area contributed by atoms with Crippen LogP contribution in [0.5, 0.6) is 0 Å². The maximum absolute atomic E-state index is 4.70. The van der Waals surface area contributed by atoms with E-state index in [2.05, 4.69) is 55.3 Å². The van der Waals surface area contributed by atoms with Gasteiger partial charge in [0.1, 0.15) is 11.8 Å². The molecule has 4 heterocycles. The zero-order valence-electron chi connectivity index (χ0n) is 15.1. The lowest BCUT2D eigenvalue weighted by Gasteiger charge is -2.30. The minimum Gasteiger partial charge on any atom is -0.340 e. The van der Waals surface area contributed by atoms with Crippen molar-refractivity contribution in [2.75, 3.05) is 18.4 Å². The van der Waals surface area contributed by atoms with Crippen LogP contribution in [0.15, 0.2) is 30.9 Å². The summed E-state index contributed by atoms with van der Waals surface area (Å²) in [5.74, 6) is 1.56. The van der Waals surface area contributed by atoms with Crippen LogP contribution >= 0.6 is 11.3 Å². The highest BCUT2D eigenvalue weighted by Gasteiger charge is 2.16. The first kappa shape index (κ1) is 16.6. The minimum absolute atomic E-state index is 0.645. The Kier molecular flexibility index (Phi) is 4.21. The van der Waals surface area contributed by atoms with Crippen LogP contribution in [0, 0.1) is 5.92 Å². The molecule has 0 spiro atoms. The van der Waals surface area contributed by atoms with Crippen molar-refractivity contribution in [2.24, 2.45) is 5.92 Å². The lowest BCUT2D eigenvalue weighted by molar-refractivity contribution is 0.185. The zero-order valence-corrected chi connectivity index (χ0v) is 16.0. The van der Waals surface area contributed by atoms with E-state index in [1.165, 1.54) is 42.5 Å². The van der Waals surface area contributed by atoms with Crippen molar-refractivity contribution in [1.29, 1.82) is 0 Å². The summed E-state index contributed by atoms with van der Waals surface area (Å²) >= 11 is 1.64. The van der Waals surface area contributed by atoms with E-state index in [9.17, 15) is 0 Å². The van der Waals surface area contributed by atoms with Crippen LogP contribution in [0.2, 0.25) is 0 Å². The van der Waals surface area contributed by atoms with E-state index < -0.39 is 0 Å². The number of aromatic amines is 1. The number of anilines is 2. The summed E-state index contributed by atoms with van der Waals surface area (Å²) < 4.78 is 1.19. The first-order valence-corrected chi connectivity index (χ1v) is 10.1. The molecular formula is C19H21N7S. The van der Waals surface area contributed by atoms with Gasteiger partial charge < -0.3 is 10.3 Å². The third kappa shape index (κ3) is 3.38. The SMILES string of the molecule is CC1CCN(Cc2ccc3nc(Nc4ncnc5nc[nH]c45)sc3c2)CC1. The first-order valence-electron chi connectivity index (χ1n) is 9.27. The predicted octanol–water partition coefficient (Wildman–Crippen LogP) is 3.94. The molecule has 0 unspecified atom stereocenters. The van der Waals surface area contributed by atoms with E-state index in [4.69, 9.17) is 4.98 Å². The van der Waals surface area contributed by atoms with E-state index in [1.54, 1.807) is 17.7 Å². The van der Waals surface area contributed by atoms with Gasteiger partial charge in [-0.3, -0.25) is 4.90 Å². The molecule has 1 fully saturated rings. The highest BCUT2D eigenvalue weighted by molar-refractivity contribution is 7.22. The Balaban J connectivity index is 1.37. The molecule has 0 amide bonds. The number of thiazole rings is 1. The topological polar surface area (TPSA) is 82.6 Å². The van der Waals surface area contributed by atoms with Gasteiger partial charge in [-0.25, -0.2) is 19.9 Å². The number of hydrogen-bond acceptors (Lipinski definition) is 7. The second-order valence-corrected chi connectivity index (χ2v) is 8.26. The van der Waals surface area contributed by atoms with Gasteiger partial charge in [-0.1, -0.05) is 24.3 Å². The van der Waals surface area contributed by atoms with Crippen molar-refractivity contribution in [1.82, 2.24) is 29.8 Å². The Morgan fingerprint density at radius 3 is 3.00 bits per heavy atom. The molecule has 1 saturated heterocycles. The average Bonchev–Trinajstić information content (AvgIpc) is 3.30. The molecule has 0 aliphatic carbocycles. The summed E-state index contributed by atoms with van der Waals surface area (Å²) in [6.07, 6.45) is 5.74. The number of benzene rings is 1. The zero-order chi connectivity index (χ0) is 18.2. The molecule has 0 radical (unpaired) electrons. The molecular weight excluding hydrogens is 358 g/mol. The normalized spacial score (nSPS) is 16.3. The molecule has 1 aliphatic rings. The van der Waals surface area contributed by atoms with Crippen molar-refractivity contribution in [2.45, 2.75) is 26.3 Å². The van der Waals surface area contributed by atoms with Crippen LogP contribution in [0.4, 0.5) is 10.9 Å². The quantitative estimate of drug-likeness (QED) is 0.559. The van der Waals surface area contributed by atoms with Gasteiger partial charge in [0, 0.05) is 6.54 Å². The van der Waals surface area contributed by atoms with Gasteiger partial charge in [-0.15, -0.1) is 0 Å². The van der Waals surface area contributed by atoms with Crippen LogP contribution in [0.3, 0.4) is 0 Å². The molecule has 0 atom stereocenters. The smallest absolute Gasteiger partial charge is 0.189 e. The Hall–Kier alpha value is -2.58. The van der Waals surface area contributed by atoms with Gasteiger partial charge in [0.15, 0.2) is 16.6 Å². The van der Waals surface area contributed by atoms with Crippen LogP contribution in [-0.2, 0) is 6.54 Å². The number of rotatable bonds is 4. The Morgan fingerprint density at radius 2 is 2.11 bits per heavy atom. The second kappa shape index (κ2) is 6.86. The summed E-state index contributed by atoms with van der Waals surface area (Å²) in [7, 11) is 0. The monoisotopic (exact) mass is 379 g/mol. The molecule has 4 aromatic rings. The van der Waals surface area contributed by atoms with E-state index in [-0.39, 0.29) is 0 Å². The molecule has 1 aromatic carbocycles. The number of nitrogens with zero attached hydrogens (tertiary/aromatic N) is 5. The van der Waals surface area contributed by atoms with Crippen molar-refractivity contribution < 1.29 is 0 Å². The van der Waals surface area contributed by atoms with Gasteiger partial charge in [0.25, 0.3) is 0 Å². The Morgan fingerprint density at radius 1 is 1.22 bits per heavy atom. The third-order valence-electron chi connectivity index (χ3n) is 5.18. The molecule has 2 N–H and O–H groups in total. The average molecular weight is 379 g/mol. The van der Waals surface area contributed by atoms with Gasteiger partial charge in [0.05, 0.1) is 16.5 Å². The van der Waals surface area contributed by atoms with Gasteiger partial charge in [0.2, 0.25) is 0 Å². The summed E-state index contributed by atoms with van der Waals surface area (Å²) in [4.78, 5) is 22.9. The summed E-state index contributed by atoms with van der Waals surface area (Å²) in [5.41, 5.74) is 3.79. The van der Waals surface area contributed by atoms with Gasteiger partial charge in [-0.2, -0.15) is 0 Å². The fourth-order valence-electron chi connectivity index (χ4n) is 3.56. The highest BCUT2D eigenvalue weighted by atomic mass is 32.1. The van der Waals surface area contributed by atoms with Crippen molar-refractivity contribution in [3.8, 4) is 0 Å². The fourth-order valence-corrected chi connectivity index (χ4v) is 4.49. The number of hydrogen-bond donors (Lipinski definition) is 2. The van der Waals surface area contributed by atoms with Crippen molar-refractivity contribution in [3.63, 3.8) is 0 Å². The van der Waals surface area contributed by atoms with E-state index in [0.29, 0.717) is 11.5 Å². The van der Waals surface area contributed by atoms with Crippen LogP contribution < -0.4 is 5.32 Å². The molecule has 138 valence electrons. The Bertz CT molecular complexity index is 1080. The minimum atomic E-state index is 0.645. The number of H-pyrrole nitrogens is 1. The number of fused-ring (bicyclic) bond motifs is 2. The van der Waals surface area contributed by atoms with Crippen molar-refractivity contribution >= 4 is 43.7 Å². The number of likely N-dealkylation sites (tertiary alicyclic amines) is 1. The molecule has 0 bridgehead atoms. The van der Waals surface area contributed by atoms with E-state index >= 15 is 0 Å². The molecule has 7 nitrogen and oxygen atoms in total. The lowest BCUT2D eigenvalue weighted by atomic mass is 9.99. The van der Waals surface area contributed by atoms with Crippen LogP contribution in [-0.4, -0.2) is 42.9 Å². The second-order valence-electron chi connectivity index (χ2n) is 7.23. The number of nitrogens with one attached hydrogen (secondary N) is 2. The number of imidazole rings is 1. The highest BCUT2D eigenvalue weighted by Crippen LogP contribution is 2.30. The largest absolute Gasteiger partial charge is 0.340 e. The molecule has 27 heavy (non-hydrogen) atoms. The van der Waals surface area contributed by atoms with Crippen LogP contribution in [0.1, 0.15) is 25.3 Å². The summed E-state index contributed by atoms with van der Waals surface area (Å²) in [6, 6.07) is 6.58. The molecule has 8 heteroatoms. The third-order valence-corrected chi connectivity index (χ3v) is 6.12. The van der Waals surface area contributed by atoms with Crippen LogP contribution in [0.25, 0.3) is 21.4 Å². The number of piperidine rings is 1. The van der Waals surface area contributed by atoms with Crippen molar-refractivity contribution in [3.05, 3.63) is 36.4 Å². The number of aromatic nitrogens is 5. The van der Waals surface area contributed by atoms with E-state index in [1.807, 2.05) is 0 Å². The molecule has 5 rings (SSSR count).